The van der Waals surface area contributed by atoms with Crippen LogP contribution in [0.25, 0.3) is 0 Å². The summed E-state index contributed by atoms with van der Waals surface area (Å²) in [5, 5.41) is 0. The third kappa shape index (κ3) is 5.29. The molecule has 0 bridgehead atoms. The van der Waals surface area contributed by atoms with Crippen LogP contribution in [0.2, 0.25) is 13.3 Å². The topological polar surface area (TPSA) is 0 Å². The van der Waals surface area contributed by atoms with Crippen LogP contribution in [-0.4, -0.2) is 23.2 Å². The zero-order valence-electron chi connectivity index (χ0n) is 13.7. The van der Waals surface area contributed by atoms with Gasteiger partial charge in [-0.05, 0) is 0 Å². The summed E-state index contributed by atoms with van der Waals surface area (Å²) in [6.07, 6.45) is 16.3. The van der Waals surface area contributed by atoms with Crippen LogP contribution in [-0.2, 0) is 0 Å². The molecule has 0 saturated heterocycles. The Bertz CT molecular complexity index is 333. The van der Waals surface area contributed by atoms with Crippen LogP contribution in [0.1, 0.15) is 65.7 Å². The molecule has 114 valence electrons. The molecule has 0 heterocycles. The molecule has 20 heavy (non-hydrogen) atoms. The fourth-order valence-electron chi connectivity index (χ4n) is 3.34. The Morgan fingerprint density at radius 2 is 1.45 bits per heavy atom. The second-order valence-corrected chi connectivity index (χ2v) is 19.8. The van der Waals surface area contributed by atoms with Crippen LogP contribution in [0, 0.1) is 0 Å². The molecule has 0 amide bonds. The zero-order chi connectivity index (χ0) is 14.8. The monoisotopic (exact) mass is 400 g/mol. The molecule has 1 aliphatic carbocycles. The first-order valence-corrected chi connectivity index (χ1v) is 16.5. The van der Waals surface area contributed by atoms with E-state index >= 15 is 0 Å². The molecule has 0 saturated carbocycles. The molecule has 0 atom stereocenters. The third-order valence-electron chi connectivity index (χ3n) is 4.60. The Balaban J connectivity index is 3.01. The summed E-state index contributed by atoms with van der Waals surface area (Å²) in [7, 11) is 0. The summed E-state index contributed by atoms with van der Waals surface area (Å²) in [6.45, 7) is 7.01. The van der Waals surface area contributed by atoms with Crippen molar-refractivity contribution in [3.05, 3.63) is 21.8 Å². The van der Waals surface area contributed by atoms with Gasteiger partial charge in [0, 0.05) is 0 Å². The van der Waals surface area contributed by atoms with Crippen molar-refractivity contribution in [2.45, 2.75) is 79.0 Å². The standard InChI is InChI=1S/C6H5S.3C4H9.Sn/c7-6-4-2-1-3-5-6;3*1-3-4-2;/h1-3H,4H2;3*1,3-4H2,2H3;. The first-order chi connectivity index (χ1) is 9.70. The first kappa shape index (κ1) is 18.4. The van der Waals surface area contributed by atoms with Gasteiger partial charge < -0.3 is 0 Å². The van der Waals surface area contributed by atoms with Gasteiger partial charge in [-0.25, -0.2) is 0 Å². The molecular formula is C18H32SSn. The molecule has 0 aromatic heterocycles. The molecule has 2 heteroatoms. The van der Waals surface area contributed by atoms with Gasteiger partial charge >= 0.3 is 136 Å². The van der Waals surface area contributed by atoms with Crippen LogP contribution >= 0.6 is 12.2 Å². The van der Waals surface area contributed by atoms with Crippen LogP contribution in [0.5, 0.6) is 0 Å². The predicted octanol–water partition coefficient (Wildman–Crippen LogP) is 6.63. The molecule has 0 unspecified atom stereocenters. The average Bonchev–Trinajstić information content (AvgIpc) is 2.48. The Hall–Kier alpha value is 0.369. The van der Waals surface area contributed by atoms with Crippen molar-refractivity contribution < 1.29 is 0 Å². The molecule has 1 rings (SSSR count). The van der Waals surface area contributed by atoms with Crippen molar-refractivity contribution in [3.8, 4) is 0 Å². The normalized spacial score (nSPS) is 15.6. The van der Waals surface area contributed by atoms with E-state index < -0.39 is 18.4 Å². The van der Waals surface area contributed by atoms with Crippen LogP contribution in [0.4, 0.5) is 0 Å². The molecule has 0 aromatic carbocycles. The van der Waals surface area contributed by atoms with Crippen molar-refractivity contribution in [2.24, 2.45) is 0 Å². The van der Waals surface area contributed by atoms with E-state index in [2.05, 4.69) is 39.0 Å². The van der Waals surface area contributed by atoms with Crippen molar-refractivity contribution in [2.75, 3.05) is 0 Å². The van der Waals surface area contributed by atoms with Crippen molar-refractivity contribution in [3.63, 3.8) is 0 Å². The summed E-state index contributed by atoms with van der Waals surface area (Å²) in [6, 6.07) is 0. The van der Waals surface area contributed by atoms with E-state index in [1.54, 1.807) is 3.59 Å². The van der Waals surface area contributed by atoms with Crippen LogP contribution in [0.15, 0.2) is 21.8 Å². The zero-order valence-corrected chi connectivity index (χ0v) is 17.4. The average molecular weight is 399 g/mol. The van der Waals surface area contributed by atoms with Gasteiger partial charge in [0.1, 0.15) is 0 Å². The Morgan fingerprint density at radius 3 is 1.85 bits per heavy atom. The summed E-state index contributed by atoms with van der Waals surface area (Å²) < 4.78 is 6.31. The predicted molar refractivity (Wildman–Crippen MR) is 99.3 cm³/mol. The minimum absolute atomic E-state index is 1.03. The summed E-state index contributed by atoms with van der Waals surface area (Å²) in [4.78, 5) is 1.30. The van der Waals surface area contributed by atoms with E-state index in [-0.39, 0.29) is 0 Å². The van der Waals surface area contributed by atoms with Crippen LogP contribution in [0.3, 0.4) is 0 Å². The number of unbranched alkanes of at least 4 members (excludes halogenated alkanes) is 3. The molecule has 0 fully saturated rings. The van der Waals surface area contributed by atoms with E-state index in [9.17, 15) is 0 Å². The molecule has 0 radical (unpaired) electrons. The van der Waals surface area contributed by atoms with Crippen molar-refractivity contribution >= 4 is 35.5 Å². The second-order valence-electron chi connectivity index (χ2n) is 6.23. The van der Waals surface area contributed by atoms with Gasteiger partial charge in [0.25, 0.3) is 0 Å². The van der Waals surface area contributed by atoms with Crippen molar-refractivity contribution in [1.82, 2.24) is 0 Å². The summed E-state index contributed by atoms with van der Waals surface area (Å²) >= 11 is 3.53. The maximum atomic E-state index is 5.76. The number of thiocarbonyl (C=S) groups is 1. The summed E-state index contributed by atoms with van der Waals surface area (Å²) in [5.74, 6) is 0. The second kappa shape index (κ2) is 10.2. The maximum absolute atomic E-state index is 5.76. The van der Waals surface area contributed by atoms with E-state index in [0.717, 1.165) is 6.42 Å². The van der Waals surface area contributed by atoms with Crippen LogP contribution < -0.4 is 0 Å². The SMILES string of the molecule is CCC[CH2][Sn]([CH2]CCC)([CH2]CCC)[C]1=CC=CCC1=S. The Kier molecular flexibility index (Phi) is 9.35. The van der Waals surface area contributed by atoms with E-state index in [1.807, 2.05) is 0 Å². The first-order valence-electron chi connectivity index (χ1n) is 8.60. The van der Waals surface area contributed by atoms with Gasteiger partial charge in [-0.1, -0.05) is 0 Å². The molecule has 0 aromatic rings. The molecule has 0 nitrogen and oxygen atoms in total. The Morgan fingerprint density at radius 1 is 0.950 bits per heavy atom. The third-order valence-corrected chi connectivity index (χ3v) is 21.3. The minimum atomic E-state index is -2.23. The van der Waals surface area contributed by atoms with E-state index in [0.29, 0.717) is 0 Å². The van der Waals surface area contributed by atoms with E-state index in [1.165, 1.54) is 56.7 Å². The van der Waals surface area contributed by atoms with Crippen molar-refractivity contribution in [1.29, 1.82) is 0 Å². The van der Waals surface area contributed by atoms with Gasteiger partial charge in [-0.2, -0.15) is 0 Å². The van der Waals surface area contributed by atoms with Gasteiger partial charge in [0.05, 0.1) is 0 Å². The van der Waals surface area contributed by atoms with E-state index in [4.69, 9.17) is 12.2 Å². The number of rotatable bonds is 10. The van der Waals surface area contributed by atoms with Gasteiger partial charge in [0.2, 0.25) is 0 Å². The molecule has 0 spiro atoms. The number of allylic oxidation sites excluding steroid dienone is 4. The molecule has 1 aliphatic rings. The molecular weight excluding hydrogens is 367 g/mol. The fraction of sp³-hybridized carbons (Fsp3) is 0.722. The van der Waals surface area contributed by atoms with Gasteiger partial charge in [0.15, 0.2) is 0 Å². The Labute approximate surface area is 136 Å². The number of hydrogen-bond donors (Lipinski definition) is 0. The molecule has 0 aliphatic heterocycles. The van der Waals surface area contributed by atoms with Gasteiger partial charge in [-0.15, -0.1) is 0 Å². The molecule has 0 N–H and O–H groups in total. The van der Waals surface area contributed by atoms with Gasteiger partial charge in [-0.3, -0.25) is 0 Å². The number of hydrogen-bond acceptors (Lipinski definition) is 1. The fourth-order valence-corrected chi connectivity index (χ4v) is 21.5. The summed E-state index contributed by atoms with van der Waals surface area (Å²) in [5.41, 5.74) is 0. The quantitative estimate of drug-likeness (QED) is 0.294.